The summed E-state index contributed by atoms with van der Waals surface area (Å²) >= 11 is 0. The second-order valence-corrected chi connectivity index (χ2v) is 4.61. The van der Waals surface area contributed by atoms with E-state index < -0.39 is 0 Å². The van der Waals surface area contributed by atoms with Crippen LogP contribution in [-0.4, -0.2) is 16.1 Å². The Morgan fingerprint density at radius 2 is 2.11 bits per heavy atom. The van der Waals surface area contributed by atoms with Crippen molar-refractivity contribution in [2.24, 2.45) is 5.73 Å². The first-order valence-electron chi connectivity index (χ1n) is 6.21. The number of para-hydroxylation sites is 1. The number of aryl methyl sites for hydroxylation is 1. The molecule has 0 bridgehead atoms. The minimum absolute atomic E-state index is 0.0973. The zero-order valence-electron chi connectivity index (χ0n) is 10.8. The molecule has 0 saturated carbocycles. The highest BCUT2D eigenvalue weighted by Gasteiger charge is 2.13. The fourth-order valence-corrected chi connectivity index (χ4v) is 2.27. The van der Waals surface area contributed by atoms with E-state index in [1.165, 1.54) is 0 Å². The summed E-state index contributed by atoms with van der Waals surface area (Å²) in [7, 11) is 0. The van der Waals surface area contributed by atoms with Crippen LogP contribution in [0.25, 0.3) is 5.69 Å². The first-order chi connectivity index (χ1) is 8.65. The second kappa shape index (κ2) is 5.23. The molecular weight excluding hydrogens is 226 g/mol. The zero-order chi connectivity index (χ0) is 13.1. The minimum Gasteiger partial charge on any atom is -0.330 e. The van der Waals surface area contributed by atoms with E-state index in [4.69, 9.17) is 5.73 Å². The molecule has 0 aliphatic rings. The van der Waals surface area contributed by atoms with Crippen molar-refractivity contribution in [2.75, 3.05) is 6.54 Å². The molecule has 0 aliphatic carbocycles. The van der Waals surface area contributed by atoms with Gasteiger partial charge in [-0.3, -0.25) is 4.57 Å². The molecule has 0 saturated heterocycles. The lowest BCUT2D eigenvalue weighted by molar-refractivity contribution is 0.683. The Morgan fingerprint density at radius 1 is 1.39 bits per heavy atom. The van der Waals surface area contributed by atoms with Crippen LogP contribution in [0.4, 0.5) is 0 Å². The number of aromatic nitrogens is 2. The summed E-state index contributed by atoms with van der Waals surface area (Å²) in [6.45, 7) is 4.71. The van der Waals surface area contributed by atoms with Gasteiger partial charge < -0.3 is 10.7 Å². The quantitative estimate of drug-likeness (QED) is 0.864. The average molecular weight is 245 g/mol. The van der Waals surface area contributed by atoms with Crippen LogP contribution >= 0.6 is 0 Å². The van der Waals surface area contributed by atoms with Crippen molar-refractivity contribution in [3.63, 3.8) is 0 Å². The average Bonchev–Trinajstić information content (AvgIpc) is 2.69. The van der Waals surface area contributed by atoms with Gasteiger partial charge in [0.05, 0.1) is 5.69 Å². The number of nitrogens with two attached hydrogens (primary N) is 1. The number of aromatic amines is 1. The summed E-state index contributed by atoms with van der Waals surface area (Å²) in [5, 5.41) is 0. The third-order valence-electron chi connectivity index (χ3n) is 3.27. The van der Waals surface area contributed by atoms with Gasteiger partial charge in [-0.25, -0.2) is 4.79 Å². The van der Waals surface area contributed by atoms with E-state index in [1.807, 2.05) is 25.1 Å². The van der Waals surface area contributed by atoms with Crippen LogP contribution < -0.4 is 11.4 Å². The van der Waals surface area contributed by atoms with E-state index in [1.54, 1.807) is 10.8 Å². The molecule has 0 spiro atoms. The van der Waals surface area contributed by atoms with Crippen LogP contribution in [0, 0.1) is 6.92 Å². The number of H-pyrrole nitrogens is 1. The van der Waals surface area contributed by atoms with Gasteiger partial charge in [-0.2, -0.15) is 0 Å². The number of nitrogens with one attached hydrogen (secondary N) is 1. The molecule has 1 heterocycles. The van der Waals surface area contributed by atoms with Gasteiger partial charge in [0, 0.05) is 11.9 Å². The van der Waals surface area contributed by atoms with Gasteiger partial charge >= 0.3 is 5.69 Å². The lowest BCUT2D eigenvalue weighted by Crippen LogP contribution is -2.18. The molecule has 4 nitrogen and oxygen atoms in total. The lowest BCUT2D eigenvalue weighted by Gasteiger charge is -2.16. The summed E-state index contributed by atoms with van der Waals surface area (Å²) in [6, 6.07) is 7.99. The van der Waals surface area contributed by atoms with Crippen molar-refractivity contribution in [3.8, 4) is 5.69 Å². The van der Waals surface area contributed by atoms with Crippen LogP contribution in [0.5, 0.6) is 0 Å². The molecule has 0 amide bonds. The van der Waals surface area contributed by atoms with Crippen LogP contribution in [0.3, 0.4) is 0 Å². The smallest absolute Gasteiger partial charge is 0.330 e. The fourth-order valence-electron chi connectivity index (χ4n) is 2.27. The Kier molecular flexibility index (Phi) is 3.67. The number of hydrogen-bond acceptors (Lipinski definition) is 2. The van der Waals surface area contributed by atoms with Gasteiger partial charge in [-0.15, -0.1) is 0 Å². The Morgan fingerprint density at radius 3 is 2.72 bits per heavy atom. The maximum atomic E-state index is 11.9. The van der Waals surface area contributed by atoms with Crippen molar-refractivity contribution in [3.05, 3.63) is 52.2 Å². The molecule has 2 aromatic rings. The van der Waals surface area contributed by atoms with Crippen LogP contribution in [0.15, 0.2) is 35.3 Å². The monoisotopic (exact) mass is 245 g/mol. The molecule has 1 atom stereocenters. The van der Waals surface area contributed by atoms with E-state index in [-0.39, 0.29) is 5.69 Å². The largest absolute Gasteiger partial charge is 0.330 e. The number of imidazole rings is 1. The Labute approximate surface area is 106 Å². The molecular formula is C14H19N3O. The number of benzene rings is 1. The molecule has 2 rings (SSSR count). The van der Waals surface area contributed by atoms with Crippen LogP contribution in [0.1, 0.15) is 30.5 Å². The maximum Gasteiger partial charge on any atom is 0.330 e. The van der Waals surface area contributed by atoms with Crippen molar-refractivity contribution in [2.45, 2.75) is 26.2 Å². The van der Waals surface area contributed by atoms with Crippen molar-refractivity contribution >= 4 is 0 Å². The van der Waals surface area contributed by atoms with E-state index in [2.05, 4.69) is 18.0 Å². The van der Waals surface area contributed by atoms with E-state index in [0.29, 0.717) is 12.5 Å². The number of nitrogens with zero attached hydrogens (tertiary/aromatic N) is 1. The Hall–Kier alpha value is -1.81. The molecule has 0 aliphatic heterocycles. The standard InChI is InChI=1S/C14H19N3O/c1-10(7-8-15)12-5-3-4-6-13(12)17-11(2)9-16-14(17)18/h3-6,9-10H,7-8,15H2,1-2H3,(H,16,18). The SMILES string of the molecule is Cc1c[nH]c(=O)n1-c1ccccc1C(C)CCN. The molecule has 3 N–H and O–H groups in total. The molecule has 1 aromatic heterocycles. The third-order valence-corrected chi connectivity index (χ3v) is 3.27. The summed E-state index contributed by atoms with van der Waals surface area (Å²) in [5.74, 6) is 0.340. The summed E-state index contributed by atoms with van der Waals surface area (Å²) in [6.07, 6.45) is 2.64. The van der Waals surface area contributed by atoms with Gasteiger partial charge in [0.1, 0.15) is 0 Å². The van der Waals surface area contributed by atoms with Gasteiger partial charge in [0.2, 0.25) is 0 Å². The number of rotatable bonds is 4. The van der Waals surface area contributed by atoms with E-state index in [9.17, 15) is 4.79 Å². The summed E-state index contributed by atoms with van der Waals surface area (Å²) in [4.78, 5) is 14.6. The third kappa shape index (κ3) is 2.24. The van der Waals surface area contributed by atoms with E-state index in [0.717, 1.165) is 23.4 Å². The first-order valence-corrected chi connectivity index (χ1v) is 6.21. The normalized spacial score (nSPS) is 12.6. The molecule has 0 radical (unpaired) electrons. The lowest BCUT2D eigenvalue weighted by atomic mass is 9.96. The number of hydrogen-bond donors (Lipinski definition) is 2. The topological polar surface area (TPSA) is 63.8 Å². The van der Waals surface area contributed by atoms with Gasteiger partial charge in [0.15, 0.2) is 0 Å². The molecule has 1 aromatic carbocycles. The van der Waals surface area contributed by atoms with Crippen molar-refractivity contribution in [1.82, 2.24) is 9.55 Å². The van der Waals surface area contributed by atoms with Crippen LogP contribution in [0.2, 0.25) is 0 Å². The van der Waals surface area contributed by atoms with Gasteiger partial charge in [-0.05, 0) is 37.4 Å². The van der Waals surface area contributed by atoms with Crippen molar-refractivity contribution in [1.29, 1.82) is 0 Å². The highest BCUT2D eigenvalue weighted by Crippen LogP contribution is 2.25. The molecule has 4 heteroatoms. The highest BCUT2D eigenvalue weighted by molar-refractivity contribution is 5.44. The predicted molar refractivity (Wildman–Crippen MR) is 73.2 cm³/mol. The highest BCUT2D eigenvalue weighted by atomic mass is 16.1. The molecule has 18 heavy (non-hydrogen) atoms. The summed E-state index contributed by atoms with van der Waals surface area (Å²) < 4.78 is 1.71. The summed E-state index contributed by atoms with van der Waals surface area (Å²) in [5.41, 5.74) is 8.54. The maximum absolute atomic E-state index is 11.9. The van der Waals surface area contributed by atoms with E-state index >= 15 is 0 Å². The Balaban J connectivity index is 2.55. The second-order valence-electron chi connectivity index (χ2n) is 4.61. The van der Waals surface area contributed by atoms with Crippen LogP contribution in [-0.2, 0) is 0 Å². The molecule has 96 valence electrons. The van der Waals surface area contributed by atoms with Gasteiger partial charge in [-0.1, -0.05) is 25.1 Å². The minimum atomic E-state index is -0.0973. The van der Waals surface area contributed by atoms with Gasteiger partial charge in [0.25, 0.3) is 0 Å². The first kappa shape index (κ1) is 12.6. The Bertz CT molecular complexity index is 583. The molecule has 0 fully saturated rings. The predicted octanol–water partition coefficient (Wildman–Crippen LogP) is 1.93. The van der Waals surface area contributed by atoms with Crippen molar-refractivity contribution < 1.29 is 0 Å². The molecule has 1 unspecified atom stereocenters. The fraction of sp³-hybridized carbons (Fsp3) is 0.357. The zero-order valence-corrected chi connectivity index (χ0v) is 10.8.